The molecule has 0 aromatic carbocycles. The molecule has 0 aliphatic carbocycles. The third-order valence-electron chi connectivity index (χ3n) is 3.00. The molecule has 0 amide bonds. The van der Waals surface area contributed by atoms with Crippen molar-refractivity contribution in [2.24, 2.45) is 0 Å². The quantitative estimate of drug-likeness (QED) is 0.816. The van der Waals surface area contributed by atoms with E-state index in [1.165, 1.54) is 18.4 Å². The summed E-state index contributed by atoms with van der Waals surface area (Å²) in [5.74, 6) is -0.316. The SMILES string of the molecule is COC(=O)[C@@H]1C[C@H](O)CN1Cc1cc(C#N)cs1. The maximum absolute atomic E-state index is 11.6. The van der Waals surface area contributed by atoms with E-state index in [1.54, 1.807) is 5.38 Å². The number of β-amino-alcohol motifs (C(OH)–C–C–N with tert-alkyl or cyclic N) is 1. The Morgan fingerprint density at radius 3 is 3.17 bits per heavy atom. The molecule has 6 heteroatoms. The molecule has 2 rings (SSSR count). The van der Waals surface area contributed by atoms with Crippen LogP contribution in [0, 0.1) is 11.3 Å². The summed E-state index contributed by atoms with van der Waals surface area (Å²) in [7, 11) is 1.35. The number of aliphatic hydroxyl groups excluding tert-OH is 1. The number of ether oxygens (including phenoxy) is 1. The second-order valence-electron chi connectivity index (χ2n) is 4.27. The lowest BCUT2D eigenvalue weighted by Gasteiger charge is -2.20. The summed E-state index contributed by atoms with van der Waals surface area (Å²) in [6.45, 7) is 1.02. The zero-order valence-electron chi connectivity index (χ0n) is 10.00. The van der Waals surface area contributed by atoms with Gasteiger partial charge in [0.1, 0.15) is 12.1 Å². The van der Waals surface area contributed by atoms with Crippen LogP contribution in [0.4, 0.5) is 0 Å². The number of nitrogens with zero attached hydrogens (tertiary/aromatic N) is 2. The van der Waals surface area contributed by atoms with E-state index in [2.05, 4.69) is 6.07 Å². The maximum Gasteiger partial charge on any atom is 0.323 e. The Morgan fingerprint density at radius 1 is 1.78 bits per heavy atom. The van der Waals surface area contributed by atoms with Gasteiger partial charge in [0.25, 0.3) is 0 Å². The first kappa shape index (κ1) is 13.0. The van der Waals surface area contributed by atoms with Gasteiger partial charge in [-0.1, -0.05) is 0 Å². The fraction of sp³-hybridized carbons (Fsp3) is 0.500. The standard InChI is InChI=1S/C12H14N2O3S/c1-17-12(16)11-3-9(15)5-14(11)6-10-2-8(4-13)7-18-10/h2,7,9,11,15H,3,5-6H2,1H3/t9-,11-/m0/s1. The van der Waals surface area contributed by atoms with Gasteiger partial charge in [-0.15, -0.1) is 11.3 Å². The van der Waals surface area contributed by atoms with Gasteiger partial charge in [0.05, 0.1) is 18.8 Å². The van der Waals surface area contributed by atoms with Gasteiger partial charge in [0.15, 0.2) is 0 Å². The minimum atomic E-state index is -0.496. The highest BCUT2D eigenvalue weighted by atomic mass is 32.1. The van der Waals surface area contributed by atoms with Gasteiger partial charge in [-0.2, -0.15) is 5.26 Å². The number of hydrogen-bond acceptors (Lipinski definition) is 6. The van der Waals surface area contributed by atoms with Crippen LogP contribution in [0.25, 0.3) is 0 Å². The molecule has 1 aromatic rings. The van der Waals surface area contributed by atoms with Crippen molar-refractivity contribution < 1.29 is 14.6 Å². The zero-order valence-corrected chi connectivity index (χ0v) is 10.8. The molecule has 1 N–H and O–H groups in total. The number of carbonyl (C=O) groups is 1. The molecule has 1 saturated heterocycles. The molecule has 0 saturated carbocycles. The van der Waals surface area contributed by atoms with Gasteiger partial charge < -0.3 is 9.84 Å². The number of aliphatic hydroxyl groups is 1. The lowest BCUT2D eigenvalue weighted by Crippen LogP contribution is -2.36. The minimum Gasteiger partial charge on any atom is -0.468 e. The largest absolute Gasteiger partial charge is 0.468 e. The highest BCUT2D eigenvalue weighted by molar-refractivity contribution is 7.10. The minimum absolute atomic E-state index is 0.316. The molecule has 2 heterocycles. The number of esters is 1. The van der Waals surface area contributed by atoms with E-state index in [0.717, 1.165) is 4.88 Å². The molecule has 1 aliphatic rings. The van der Waals surface area contributed by atoms with Crippen LogP contribution in [-0.2, 0) is 16.1 Å². The predicted molar refractivity (Wildman–Crippen MR) is 65.9 cm³/mol. The van der Waals surface area contributed by atoms with Crippen molar-refractivity contribution in [2.45, 2.75) is 25.1 Å². The number of methoxy groups -OCH3 is 1. The summed E-state index contributed by atoms with van der Waals surface area (Å²) >= 11 is 1.49. The molecule has 18 heavy (non-hydrogen) atoms. The number of rotatable bonds is 3. The third-order valence-corrected chi connectivity index (χ3v) is 3.92. The lowest BCUT2D eigenvalue weighted by molar-refractivity contribution is -0.146. The van der Waals surface area contributed by atoms with Gasteiger partial charge in [0.2, 0.25) is 0 Å². The van der Waals surface area contributed by atoms with Gasteiger partial charge in [0, 0.05) is 29.8 Å². The zero-order chi connectivity index (χ0) is 13.1. The van der Waals surface area contributed by atoms with Gasteiger partial charge >= 0.3 is 5.97 Å². The topological polar surface area (TPSA) is 73.6 Å². The normalized spacial score (nSPS) is 23.8. The number of nitriles is 1. The molecule has 0 unspecified atom stereocenters. The second-order valence-corrected chi connectivity index (χ2v) is 5.27. The van der Waals surface area contributed by atoms with E-state index in [0.29, 0.717) is 25.1 Å². The molecule has 1 aromatic heterocycles. The van der Waals surface area contributed by atoms with Gasteiger partial charge in [-0.25, -0.2) is 0 Å². The van der Waals surface area contributed by atoms with Crippen LogP contribution in [0.2, 0.25) is 0 Å². The van der Waals surface area contributed by atoms with Gasteiger partial charge in [-0.05, 0) is 6.07 Å². The Morgan fingerprint density at radius 2 is 2.56 bits per heavy atom. The monoisotopic (exact) mass is 266 g/mol. The van der Waals surface area contributed by atoms with Crippen molar-refractivity contribution in [3.05, 3.63) is 21.9 Å². The van der Waals surface area contributed by atoms with Crippen molar-refractivity contribution in [3.8, 4) is 6.07 Å². The first-order chi connectivity index (χ1) is 8.63. The summed E-state index contributed by atoms with van der Waals surface area (Å²) in [5.41, 5.74) is 0.629. The maximum atomic E-state index is 11.6. The molecule has 0 radical (unpaired) electrons. The Bertz CT molecular complexity index is 480. The molecular formula is C12H14N2O3S. The molecule has 0 bridgehead atoms. The summed E-state index contributed by atoms with van der Waals surface area (Å²) in [6.07, 6.45) is -0.0899. The van der Waals surface area contributed by atoms with Crippen LogP contribution in [0.1, 0.15) is 16.9 Å². The highest BCUT2D eigenvalue weighted by Crippen LogP contribution is 2.24. The summed E-state index contributed by atoms with van der Waals surface area (Å²) in [5, 5.41) is 20.2. The fourth-order valence-corrected chi connectivity index (χ4v) is 2.99. The van der Waals surface area contributed by atoms with Crippen LogP contribution in [0.3, 0.4) is 0 Å². The van der Waals surface area contributed by atoms with Crippen molar-refractivity contribution >= 4 is 17.3 Å². The van der Waals surface area contributed by atoms with Crippen LogP contribution in [0.15, 0.2) is 11.4 Å². The highest BCUT2D eigenvalue weighted by Gasteiger charge is 2.36. The second kappa shape index (κ2) is 5.48. The van der Waals surface area contributed by atoms with Crippen molar-refractivity contribution in [2.75, 3.05) is 13.7 Å². The lowest BCUT2D eigenvalue weighted by atomic mass is 10.2. The molecular weight excluding hydrogens is 252 g/mol. The molecule has 1 fully saturated rings. The number of thiophene rings is 1. The first-order valence-corrected chi connectivity index (χ1v) is 6.49. The average Bonchev–Trinajstić information content (AvgIpc) is 2.95. The third kappa shape index (κ3) is 2.70. The number of carbonyl (C=O) groups excluding carboxylic acids is 1. The average molecular weight is 266 g/mol. The van der Waals surface area contributed by atoms with E-state index in [1.807, 2.05) is 11.0 Å². The van der Waals surface area contributed by atoms with Crippen molar-refractivity contribution in [1.29, 1.82) is 5.26 Å². The Balaban J connectivity index is 2.07. The fourth-order valence-electron chi connectivity index (χ4n) is 2.16. The Hall–Kier alpha value is -1.42. The van der Waals surface area contributed by atoms with Crippen molar-refractivity contribution in [3.63, 3.8) is 0 Å². The Labute approximate surface area is 109 Å². The number of likely N-dealkylation sites (tertiary alicyclic amines) is 1. The molecule has 5 nitrogen and oxygen atoms in total. The molecule has 1 aliphatic heterocycles. The van der Waals surface area contributed by atoms with E-state index < -0.39 is 12.1 Å². The van der Waals surface area contributed by atoms with Crippen molar-refractivity contribution in [1.82, 2.24) is 4.90 Å². The number of hydrogen-bond donors (Lipinski definition) is 1. The van der Waals surface area contributed by atoms with Crippen LogP contribution >= 0.6 is 11.3 Å². The van der Waals surface area contributed by atoms with E-state index in [9.17, 15) is 9.90 Å². The van der Waals surface area contributed by atoms with Gasteiger partial charge in [-0.3, -0.25) is 9.69 Å². The predicted octanol–water partition coefficient (Wildman–Crippen LogP) is 0.728. The van der Waals surface area contributed by atoms with Crippen LogP contribution in [0.5, 0.6) is 0 Å². The summed E-state index contributed by atoms with van der Waals surface area (Å²) in [6, 6.07) is 3.50. The Kier molecular flexibility index (Phi) is 3.97. The van der Waals surface area contributed by atoms with Crippen LogP contribution < -0.4 is 0 Å². The van der Waals surface area contributed by atoms with E-state index in [4.69, 9.17) is 10.00 Å². The molecule has 96 valence electrons. The molecule has 0 spiro atoms. The first-order valence-electron chi connectivity index (χ1n) is 5.61. The smallest absolute Gasteiger partial charge is 0.323 e. The van der Waals surface area contributed by atoms with E-state index >= 15 is 0 Å². The van der Waals surface area contributed by atoms with E-state index in [-0.39, 0.29) is 5.97 Å². The molecule has 2 atom stereocenters. The van der Waals surface area contributed by atoms with Crippen LogP contribution in [-0.4, -0.2) is 41.8 Å². The summed E-state index contributed by atoms with van der Waals surface area (Å²) < 4.78 is 4.74. The summed E-state index contributed by atoms with van der Waals surface area (Å²) in [4.78, 5) is 14.5.